The standard InChI is InChI=1S/C39H49BN4O8S/c1-26-17-18-29(20-30(26)23-44-21-27(2)50-33-15-10-11-16-34(33)53(44,46)47)35(37(3,4)36(45)48-9)49-25-32-24-43(42-41-32)22-28-13-12-14-31(19-28)40-51-38(5,6)39(7,8)52-40/h10-20,24,27,35H,21-23,25H2,1-9H3/t27-,35?/m1/s1. The van der Waals surface area contributed by atoms with Crippen LogP contribution in [0.2, 0.25) is 0 Å². The van der Waals surface area contributed by atoms with E-state index < -0.39 is 45.8 Å². The van der Waals surface area contributed by atoms with Crippen molar-refractivity contribution in [2.45, 2.75) is 103 Å². The van der Waals surface area contributed by atoms with Gasteiger partial charge in [-0.05, 0) is 95.2 Å². The Labute approximate surface area is 312 Å². The summed E-state index contributed by atoms with van der Waals surface area (Å²) in [6.07, 6.45) is 0.689. The fraction of sp³-hybridized carbons (Fsp3) is 0.462. The summed E-state index contributed by atoms with van der Waals surface area (Å²) in [5.41, 5.74) is 2.89. The lowest BCUT2D eigenvalue weighted by Gasteiger charge is -2.32. The molecule has 0 bridgehead atoms. The number of rotatable bonds is 11. The zero-order chi connectivity index (χ0) is 38.3. The molecule has 1 aromatic heterocycles. The Kier molecular flexibility index (Phi) is 10.7. The lowest BCUT2D eigenvalue weighted by Crippen LogP contribution is -2.41. The Morgan fingerprint density at radius 3 is 2.45 bits per heavy atom. The van der Waals surface area contributed by atoms with E-state index in [-0.39, 0.29) is 30.7 Å². The van der Waals surface area contributed by atoms with Gasteiger partial charge in [-0.2, -0.15) is 4.31 Å². The van der Waals surface area contributed by atoms with Gasteiger partial charge in [0.15, 0.2) is 0 Å². The van der Waals surface area contributed by atoms with Gasteiger partial charge in [0.25, 0.3) is 0 Å². The van der Waals surface area contributed by atoms with E-state index in [1.54, 1.807) is 42.8 Å². The van der Waals surface area contributed by atoms with Crippen LogP contribution in [0.25, 0.3) is 0 Å². The Bertz CT molecular complexity index is 2070. The summed E-state index contributed by atoms with van der Waals surface area (Å²) in [5, 5.41) is 8.70. The van der Waals surface area contributed by atoms with Gasteiger partial charge in [-0.3, -0.25) is 4.79 Å². The molecule has 0 spiro atoms. The van der Waals surface area contributed by atoms with Crippen molar-refractivity contribution in [2.24, 2.45) is 5.41 Å². The minimum Gasteiger partial charge on any atom is -0.488 e. The van der Waals surface area contributed by atoms with Crippen molar-refractivity contribution in [1.82, 2.24) is 19.3 Å². The largest absolute Gasteiger partial charge is 0.494 e. The van der Waals surface area contributed by atoms with Crippen molar-refractivity contribution in [1.29, 1.82) is 0 Å². The van der Waals surface area contributed by atoms with Gasteiger partial charge in [0.1, 0.15) is 22.4 Å². The molecule has 4 aromatic rings. The maximum Gasteiger partial charge on any atom is 0.494 e. The molecular weight excluding hydrogens is 695 g/mol. The van der Waals surface area contributed by atoms with E-state index in [4.69, 9.17) is 23.5 Å². The maximum absolute atomic E-state index is 13.8. The van der Waals surface area contributed by atoms with Crippen LogP contribution in [0.3, 0.4) is 0 Å². The molecule has 2 aliphatic heterocycles. The first-order valence-electron chi connectivity index (χ1n) is 17.8. The van der Waals surface area contributed by atoms with Crippen LogP contribution in [0.4, 0.5) is 0 Å². The molecule has 0 aliphatic carbocycles. The summed E-state index contributed by atoms with van der Waals surface area (Å²) in [5.74, 6) is -0.110. The van der Waals surface area contributed by atoms with Crippen LogP contribution in [-0.4, -0.2) is 71.8 Å². The number of ether oxygens (including phenoxy) is 3. The van der Waals surface area contributed by atoms with Crippen LogP contribution in [0.5, 0.6) is 5.75 Å². The number of aromatic nitrogens is 3. The third-order valence-electron chi connectivity index (χ3n) is 10.5. The zero-order valence-corrected chi connectivity index (χ0v) is 32.8. The number of carbonyl (C=O) groups is 1. The Hall–Kier alpha value is -4.08. The highest BCUT2D eigenvalue weighted by Crippen LogP contribution is 2.40. The van der Waals surface area contributed by atoms with Gasteiger partial charge < -0.3 is 23.5 Å². The molecule has 3 aromatic carbocycles. The van der Waals surface area contributed by atoms with Gasteiger partial charge in [0, 0.05) is 6.54 Å². The topological polar surface area (TPSA) is 131 Å². The second-order valence-electron chi connectivity index (χ2n) is 15.5. The summed E-state index contributed by atoms with van der Waals surface area (Å²) in [4.78, 5) is 13.3. The highest BCUT2D eigenvalue weighted by molar-refractivity contribution is 7.89. The first-order chi connectivity index (χ1) is 24.9. The molecule has 6 rings (SSSR count). The lowest BCUT2D eigenvalue weighted by atomic mass is 9.78. The second kappa shape index (κ2) is 14.6. The van der Waals surface area contributed by atoms with E-state index in [2.05, 4.69) is 10.3 Å². The summed E-state index contributed by atoms with van der Waals surface area (Å²) < 4.78 is 61.0. The van der Waals surface area contributed by atoms with Crippen LogP contribution in [0, 0.1) is 12.3 Å². The van der Waals surface area contributed by atoms with Crippen molar-refractivity contribution in [2.75, 3.05) is 13.7 Å². The maximum atomic E-state index is 13.8. The van der Waals surface area contributed by atoms with Gasteiger partial charge in [0.05, 0.1) is 55.7 Å². The molecule has 1 saturated heterocycles. The quantitative estimate of drug-likeness (QED) is 0.146. The SMILES string of the molecule is COC(=O)C(C)(C)C(OCc1cn(Cc2cccc(B3OC(C)(C)C(C)(C)O3)c2)nn1)c1ccc(C)c(CN2C[C@@H](C)Oc3ccccc3S2(=O)=O)c1. The number of sulfonamides is 1. The monoisotopic (exact) mass is 744 g/mol. The molecular formula is C39H49BN4O8S. The molecule has 12 nitrogen and oxygen atoms in total. The van der Waals surface area contributed by atoms with Crippen LogP contribution in [-0.2, 0) is 53.3 Å². The zero-order valence-electron chi connectivity index (χ0n) is 32.0. The van der Waals surface area contributed by atoms with E-state index in [9.17, 15) is 13.2 Å². The highest BCUT2D eigenvalue weighted by atomic mass is 32.2. The van der Waals surface area contributed by atoms with Crippen LogP contribution >= 0.6 is 0 Å². The molecule has 2 aliphatic rings. The fourth-order valence-corrected chi connectivity index (χ4v) is 8.26. The number of para-hydroxylation sites is 1. The average Bonchev–Trinajstić information content (AvgIpc) is 3.61. The van der Waals surface area contributed by atoms with E-state index in [1.807, 2.05) is 90.2 Å². The molecule has 3 heterocycles. The van der Waals surface area contributed by atoms with Crippen LogP contribution in [0.15, 0.2) is 77.8 Å². The van der Waals surface area contributed by atoms with Crippen molar-refractivity contribution >= 4 is 28.6 Å². The van der Waals surface area contributed by atoms with E-state index in [1.165, 1.54) is 11.4 Å². The minimum atomic E-state index is -3.86. The number of esters is 1. The summed E-state index contributed by atoms with van der Waals surface area (Å²) >= 11 is 0. The van der Waals surface area contributed by atoms with Gasteiger partial charge >= 0.3 is 13.1 Å². The molecule has 53 heavy (non-hydrogen) atoms. The van der Waals surface area contributed by atoms with Gasteiger partial charge in [-0.15, -0.1) is 5.10 Å². The van der Waals surface area contributed by atoms with Crippen molar-refractivity contribution in [3.63, 3.8) is 0 Å². The number of hydrogen-bond donors (Lipinski definition) is 0. The molecule has 0 N–H and O–H groups in total. The smallest absolute Gasteiger partial charge is 0.488 e. The molecule has 282 valence electrons. The Balaban J connectivity index is 1.21. The second-order valence-corrected chi connectivity index (χ2v) is 17.4. The van der Waals surface area contributed by atoms with E-state index in [0.29, 0.717) is 23.6 Å². The molecule has 0 amide bonds. The number of hydrogen-bond acceptors (Lipinski definition) is 10. The normalized spacial score (nSPS) is 19.9. The number of nitrogens with zero attached hydrogens (tertiary/aromatic N) is 4. The van der Waals surface area contributed by atoms with E-state index >= 15 is 0 Å². The summed E-state index contributed by atoms with van der Waals surface area (Å²) in [6, 6.07) is 20.4. The van der Waals surface area contributed by atoms with E-state index in [0.717, 1.165) is 22.2 Å². The number of methoxy groups -OCH3 is 1. The predicted molar refractivity (Wildman–Crippen MR) is 200 cm³/mol. The minimum absolute atomic E-state index is 0.0639. The van der Waals surface area contributed by atoms with Crippen LogP contribution in [0.1, 0.15) is 82.5 Å². The molecule has 0 saturated carbocycles. The number of benzene rings is 3. The molecule has 0 radical (unpaired) electrons. The number of aryl methyl sites for hydroxylation is 1. The highest BCUT2D eigenvalue weighted by Gasteiger charge is 2.51. The summed E-state index contributed by atoms with van der Waals surface area (Å²) in [6.45, 7) is 16.3. The van der Waals surface area contributed by atoms with Crippen molar-refractivity contribution < 1.29 is 36.7 Å². The van der Waals surface area contributed by atoms with Crippen molar-refractivity contribution in [3.05, 3.63) is 101 Å². The van der Waals surface area contributed by atoms with Gasteiger partial charge in [-0.1, -0.05) is 59.8 Å². The molecule has 1 unspecified atom stereocenters. The molecule has 1 fully saturated rings. The van der Waals surface area contributed by atoms with Crippen molar-refractivity contribution in [3.8, 4) is 5.75 Å². The van der Waals surface area contributed by atoms with Gasteiger partial charge in [0.2, 0.25) is 10.0 Å². The summed E-state index contributed by atoms with van der Waals surface area (Å²) in [7, 11) is -2.98. The Morgan fingerprint density at radius 2 is 1.74 bits per heavy atom. The average molecular weight is 745 g/mol. The lowest BCUT2D eigenvalue weighted by molar-refractivity contribution is -0.162. The number of fused-ring (bicyclic) bond motifs is 1. The van der Waals surface area contributed by atoms with Gasteiger partial charge in [-0.25, -0.2) is 13.1 Å². The predicted octanol–water partition coefficient (Wildman–Crippen LogP) is 5.36. The third-order valence-corrected chi connectivity index (χ3v) is 12.3. The third kappa shape index (κ3) is 7.93. The first kappa shape index (κ1) is 38.6. The number of carbonyl (C=O) groups excluding carboxylic acids is 1. The fourth-order valence-electron chi connectivity index (χ4n) is 6.65. The molecule has 14 heteroatoms. The molecule has 2 atom stereocenters. The first-order valence-corrected chi connectivity index (χ1v) is 19.2. The Morgan fingerprint density at radius 1 is 1.02 bits per heavy atom. The van der Waals surface area contributed by atoms with Crippen LogP contribution < -0.4 is 10.2 Å².